The fraction of sp³-hybridized carbons (Fsp3) is 0.300. The minimum Gasteiger partial charge on any atom is -0.258 e. The van der Waals surface area contributed by atoms with Crippen LogP contribution in [0.1, 0.15) is 6.42 Å². The Labute approximate surface area is 109 Å². The van der Waals surface area contributed by atoms with E-state index in [4.69, 9.17) is 5.26 Å². The smallest absolute Gasteiger partial charge is 0.258 e. The van der Waals surface area contributed by atoms with Gasteiger partial charge in [-0.15, -0.1) is 0 Å². The van der Waals surface area contributed by atoms with Gasteiger partial charge in [0.2, 0.25) is 10.0 Å². The largest absolute Gasteiger partial charge is 0.272 e. The average molecular weight is 287 g/mol. The monoisotopic (exact) mass is 287 g/mol. The zero-order chi connectivity index (χ0) is 14.6. The minimum atomic E-state index is -4.10. The molecule has 7 nitrogen and oxygen atoms in total. The Morgan fingerprint density at radius 3 is 2.63 bits per heavy atom. The lowest BCUT2D eigenvalue weighted by Gasteiger charge is -2.15. The molecule has 0 saturated heterocycles. The lowest BCUT2D eigenvalue weighted by atomic mass is 10.3. The van der Waals surface area contributed by atoms with E-state index in [9.17, 15) is 22.9 Å². The van der Waals surface area contributed by atoms with Crippen LogP contribution in [0, 0.1) is 27.3 Å². The first-order valence-electron chi connectivity index (χ1n) is 5.08. The van der Waals surface area contributed by atoms with Crippen LogP contribution < -0.4 is 0 Å². The highest BCUT2D eigenvalue weighted by Gasteiger charge is 2.25. The lowest BCUT2D eigenvalue weighted by molar-refractivity contribution is -0.385. The first-order chi connectivity index (χ1) is 8.80. The molecule has 102 valence electrons. The molecule has 1 aromatic rings. The summed E-state index contributed by atoms with van der Waals surface area (Å²) in [6.07, 6.45) is -0.0374. The topological polar surface area (TPSA) is 104 Å². The van der Waals surface area contributed by atoms with Crippen LogP contribution in [0.4, 0.5) is 10.1 Å². The number of benzene rings is 1. The molecule has 9 heteroatoms. The van der Waals surface area contributed by atoms with Crippen LogP contribution in [-0.4, -0.2) is 31.2 Å². The van der Waals surface area contributed by atoms with Gasteiger partial charge < -0.3 is 0 Å². The standard InChI is InChI=1S/C10H10FN3O4S/c1-13(6-2-5-12)19(17,18)10-4-3-8(14(15)16)7-9(10)11/h3-4,7H,2,6H2,1H3. The molecule has 0 fully saturated rings. The third-order valence-corrected chi connectivity index (χ3v) is 4.24. The number of hydrogen-bond donors (Lipinski definition) is 0. The van der Waals surface area contributed by atoms with Crippen molar-refractivity contribution in [1.29, 1.82) is 5.26 Å². The van der Waals surface area contributed by atoms with Crippen molar-refractivity contribution < 1.29 is 17.7 Å². The van der Waals surface area contributed by atoms with Crippen molar-refractivity contribution in [2.75, 3.05) is 13.6 Å². The second kappa shape index (κ2) is 5.73. The molecule has 0 spiro atoms. The second-order valence-corrected chi connectivity index (χ2v) is 5.62. The summed E-state index contributed by atoms with van der Waals surface area (Å²) in [5.41, 5.74) is -0.531. The molecule has 0 aliphatic heterocycles. The van der Waals surface area contributed by atoms with E-state index in [1.54, 1.807) is 6.07 Å². The summed E-state index contributed by atoms with van der Waals surface area (Å²) in [6.45, 7) is -0.0880. The number of nitro benzene ring substituents is 1. The Morgan fingerprint density at radius 2 is 2.16 bits per heavy atom. The van der Waals surface area contributed by atoms with Crippen molar-refractivity contribution in [3.8, 4) is 6.07 Å². The highest BCUT2D eigenvalue weighted by Crippen LogP contribution is 2.22. The molecule has 0 aliphatic carbocycles. The molecule has 0 heterocycles. The van der Waals surface area contributed by atoms with Crippen LogP contribution in [0.3, 0.4) is 0 Å². The minimum absolute atomic E-state index is 0.0374. The molecule has 0 aromatic heterocycles. The summed E-state index contributed by atoms with van der Waals surface area (Å²) in [5.74, 6) is -1.20. The Morgan fingerprint density at radius 1 is 1.53 bits per heavy atom. The first-order valence-corrected chi connectivity index (χ1v) is 6.52. The van der Waals surface area contributed by atoms with E-state index in [1.807, 2.05) is 0 Å². The predicted octanol–water partition coefficient (Wildman–Crippen LogP) is 1.27. The van der Waals surface area contributed by atoms with Crippen molar-refractivity contribution in [3.05, 3.63) is 34.1 Å². The molecule has 0 atom stereocenters. The van der Waals surface area contributed by atoms with E-state index in [1.165, 1.54) is 7.05 Å². The van der Waals surface area contributed by atoms with E-state index in [0.717, 1.165) is 16.4 Å². The summed E-state index contributed by atoms with van der Waals surface area (Å²) in [6, 6.07) is 4.07. The number of nitro groups is 1. The van der Waals surface area contributed by atoms with E-state index in [-0.39, 0.29) is 13.0 Å². The van der Waals surface area contributed by atoms with Crippen LogP contribution in [0.5, 0.6) is 0 Å². The van der Waals surface area contributed by atoms with Crippen molar-refractivity contribution in [3.63, 3.8) is 0 Å². The summed E-state index contributed by atoms with van der Waals surface area (Å²) >= 11 is 0. The number of hydrogen-bond acceptors (Lipinski definition) is 5. The summed E-state index contributed by atoms with van der Waals surface area (Å²) in [5, 5.41) is 18.8. The van der Waals surface area contributed by atoms with Crippen molar-refractivity contribution in [2.24, 2.45) is 0 Å². The molecule has 0 amide bonds. The van der Waals surface area contributed by atoms with Crippen LogP contribution >= 0.6 is 0 Å². The predicted molar refractivity (Wildman–Crippen MR) is 63.1 cm³/mol. The average Bonchev–Trinajstić information content (AvgIpc) is 2.35. The third kappa shape index (κ3) is 3.24. The maximum Gasteiger partial charge on any atom is 0.272 e. The molecular weight excluding hydrogens is 277 g/mol. The molecular formula is C10H10FN3O4S. The molecule has 0 aliphatic rings. The van der Waals surface area contributed by atoms with E-state index in [2.05, 4.69) is 0 Å². The molecule has 1 aromatic carbocycles. The van der Waals surface area contributed by atoms with Gasteiger partial charge in [0.25, 0.3) is 5.69 Å². The van der Waals surface area contributed by atoms with E-state index in [0.29, 0.717) is 6.07 Å². The molecule has 0 bridgehead atoms. The first kappa shape index (κ1) is 15.0. The number of nitrogens with zero attached hydrogens (tertiary/aromatic N) is 3. The van der Waals surface area contributed by atoms with E-state index < -0.39 is 31.3 Å². The molecule has 19 heavy (non-hydrogen) atoms. The molecule has 0 saturated carbocycles. The van der Waals surface area contributed by atoms with Crippen molar-refractivity contribution in [2.45, 2.75) is 11.3 Å². The maximum absolute atomic E-state index is 13.6. The summed E-state index contributed by atoms with van der Waals surface area (Å²) in [4.78, 5) is 8.96. The van der Waals surface area contributed by atoms with Crippen molar-refractivity contribution >= 4 is 15.7 Å². The number of non-ortho nitro benzene ring substituents is 1. The Balaban J connectivity index is 3.16. The Hall–Kier alpha value is -2.05. The fourth-order valence-electron chi connectivity index (χ4n) is 1.31. The summed E-state index contributed by atoms with van der Waals surface area (Å²) in [7, 11) is -2.90. The quantitative estimate of drug-likeness (QED) is 0.599. The van der Waals surface area contributed by atoms with Gasteiger partial charge >= 0.3 is 0 Å². The van der Waals surface area contributed by atoms with Crippen LogP contribution in [-0.2, 0) is 10.0 Å². The fourth-order valence-corrected chi connectivity index (χ4v) is 2.52. The number of rotatable bonds is 5. The molecule has 0 N–H and O–H groups in total. The number of sulfonamides is 1. The molecule has 1 rings (SSSR count). The van der Waals surface area contributed by atoms with Gasteiger partial charge in [0.1, 0.15) is 10.7 Å². The SMILES string of the molecule is CN(CCC#N)S(=O)(=O)c1ccc([N+](=O)[O-])cc1F. The van der Waals surface area contributed by atoms with Crippen LogP contribution in [0.2, 0.25) is 0 Å². The van der Waals surface area contributed by atoms with Gasteiger partial charge in [-0.25, -0.2) is 12.8 Å². The van der Waals surface area contributed by atoms with Crippen LogP contribution in [0.25, 0.3) is 0 Å². The molecule has 0 unspecified atom stereocenters. The van der Waals surface area contributed by atoms with Gasteiger partial charge in [-0.1, -0.05) is 0 Å². The van der Waals surface area contributed by atoms with E-state index >= 15 is 0 Å². The van der Waals surface area contributed by atoms with Gasteiger partial charge in [0.15, 0.2) is 0 Å². The van der Waals surface area contributed by atoms with Gasteiger partial charge in [-0.05, 0) is 6.07 Å². The third-order valence-electron chi connectivity index (χ3n) is 2.35. The Bertz CT molecular complexity index is 639. The highest BCUT2D eigenvalue weighted by molar-refractivity contribution is 7.89. The maximum atomic E-state index is 13.6. The van der Waals surface area contributed by atoms with Gasteiger partial charge in [0, 0.05) is 26.1 Å². The number of nitriles is 1. The Kier molecular flexibility index (Phi) is 4.52. The van der Waals surface area contributed by atoms with Gasteiger partial charge in [-0.3, -0.25) is 10.1 Å². The summed E-state index contributed by atoms with van der Waals surface area (Å²) < 4.78 is 38.3. The van der Waals surface area contributed by atoms with Gasteiger partial charge in [0.05, 0.1) is 17.1 Å². The van der Waals surface area contributed by atoms with Crippen LogP contribution in [0.15, 0.2) is 23.1 Å². The highest BCUT2D eigenvalue weighted by atomic mass is 32.2. The van der Waals surface area contributed by atoms with Crippen molar-refractivity contribution in [1.82, 2.24) is 4.31 Å². The zero-order valence-electron chi connectivity index (χ0n) is 9.91. The zero-order valence-corrected chi connectivity index (χ0v) is 10.7. The number of halogens is 1. The normalized spacial score (nSPS) is 11.3. The van der Waals surface area contributed by atoms with Gasteiger partial charge in [-0.2, -0.15) is 9.57 Å². The molecule has 0 radical (unpaired) electrons. The second-order valence-electron chi connectivity index (χ2n) is 3.61. The lowest BCUT2D eigenvalue weighted by Crippen LogP contribution is -2.28.